The normalized spacial score (nSPS) is 11.8. The maximum atomic E-state index is 2.43. The summed E-state index contributed by atoms with van der Waals surface area (Å²) < 4.78 is 0. The Labute approximate surface area is 178 Å². The second-order valence-electron chi connectivity index (χ2n) is 7.65. The highest BCUT2D eigenvalue weighted by Crippen LogP contribution is 2.55. The maximum absolute atomic E-state index is 2.43. The van der Waals surface area contributed by atoms with Gasteiger partial charge in [-0.2, -0.15) is 0 Å². The van der Waals surface area contributed by atoms with Gasteiger partial charge in [0.2, 0.25) is 0 Å². The molecular formula is C28H34P+. The predicted octanol–water partition coefficient (Wildman–Crippen LogP) is 6.90. The molecule has 0 fully saturated rings. The fraction of sp³-hybridized carbons (Fsp3) is 0.286. The summed E-state index contributed by atoms with van der Waals surface area (Å²) in [6, 6.07) is 33.6. The smallest absolute Gasteiger partial charge is 0.0884 e. The highest BCUT2D eigenvalue weighted by molar-refractivity contribution is 7.95. The maximum Gasteiger partial charge on any atom is 0.112 e. The molecule has 0 saturated heterocycles. The van der Waals surface area contributed by atoms with Crippen LogP contribution >= 0.6 is 7.26 Å². The lowest BCUT2D eigenvalue weighted by molar-refractivity contribution is 0.674. The van der Waals surface area contributed by atoms with Gasteiger partial charge in [-0.05, 0) is 49.2 Å². The Morgan fingerprint density at radius 3 is 1.45 bits per heavy atom. The molecule has 0 amide bonds. The Morgan fingerprint density at radius 1 is 0.552 bits per heavy atom. The van der Waals surface area contributed by atoms with E-state index in [2.05, 4.69) is 110 Å². The molecule has 0 heterocycles. The van der Waals surface area contributed by atoms with Gasteiger partial charge in [0.15, 0.2) is 0 Å². The number of hydrogen-bond donors (Lipinski definition) is 0. The molecule has 0 atom stereocenters. The van der Waals surface area contributed by atoms with E-state index in [1.54, 1.807) is 0 Å². The van der Waals surface area contributed by atoms with Gasteiger partial charge in [-0.15, -0.1) is 0 Å². The Bertz CT molecular complexity index is 741. The molecule has 3 aromatic carbocycles. The zero-order chi connectivity index (χ0) is 20.2. The summed E-state index contributed by atoms with van der Waals surface area (Å²) in [4.78, 5) is 0. The van der Waals surface area contributed by atoms with Gasteiger partial charge in [-0.1, -0.05) is 92.9 Å². The van der Waals surface area contributed by atoms with Gasteiger partial charge in [0.25, 0.3) is 0 Å². The largest absolute Gasteiger partial charge is 0.112 e. The van der Waals surface area contributed by atoms with Gasteiger partial charge in [-0.3, -0.25) is 0 Å². The van der Waals surface area contributed by atoms with Crippen LogP contribution in [-0.2, 0) is 0 Å². The fourth-order valence-electron chi connectivity index (χ4n) is 4.07. The molecule has 0 unspecified atom stereocenters. The molecule has 0 aliphatic heterocycles. The number of allylic oxidation sites excluding steroid dienone is 2. The van der Waals surface area contributed by atoms with Crippen molar-refractivity contribution in [3.8, 4) is 0 Å². The lowest BCUT2D eigenvalue weighted by atomic mass is 10.1. The van der Waals surface area contributed by atoms with Crippen molar-refractivity contribution in [2.24, 2.45) is 0 Å². The second-order valence-corrected chi connectivity index (χ2v) is 11.3. The van der Waals surface area contributed by atoms with Crippen LogP contribution in [0.1, 0.15) is 45.4 Å². The molecule has 0 spiro atoms. The minimum atomic E-state index is -1.67. The number of hydrogen-bond acceptors (Lipinski definition) is 0. The molecule has 29 heavy (non-hydrogen) atoms. The van der Waals surface area contributed by atoms with E-state index in [9.17, 15) is 0 Å². The molecule has 0 nitrogen and oxygen atoms in total. The van der Waals surface area contributed by atoms with Gasteiger partial charge < -0.3 is 0 Å². The van der Waals surface area contributed by atoms with Gasteiger partial charge in [0.1, 0.15) is 23.2 Å². The Kier molecular flexibility index (Phi) is 8.72. The Balaban J connectivity index is 1.90. The quantitative estimate of drug-likeness (QED) is 0.186. The third-order valence-corrected chi connectivity index (χ3v) is 10.1. The van der Waals surface area contributed by atoms with Crippen LogP contribution in [0.15, 0.2) is 103 Å². The van der Waals surface area contributed by atoms with Gasteiger partial charge in [-0.25, -0.2) is 0 Å². The first kappa shape index (κ1) is 21.5. The van der Waals surface area contributed by atoms with Crippen molar-refractivity contribution in [1.29, 1.82) is 0 Å². The molecule has 0 N–H and O–H groups in total. The first-order valence-electron chi connectivity index (χ1n) is 11.1. The second kappa shape index (κ2) is 11.7. The van der Waals surface area contributed by atoms with E-state index in [1.807, 2.05) is 0 Å². The average molecular weight is 402 g/mol. The summed E-state index contributed by atoms with van der Waals surface area (Å²) in [6.07, 6.45) is 13.7. The van der Waals surface area contributed by atoms with E-state index in [0.29, 0.717) is 0 Å². The number of unbranched alkanes of at least 4 members (excludes halogenated alkanes) is 4. The van der Waals surface area contributed by atoms with Crippen LogP contribution in [0.25, 0.3) is 0 Å². The van der Waals surface area contributed by atoms with E-state index in [1.165, 1.54) is 54.2 Å². The summed E-state index contributed by atoms with van der Waals surface area (Å²) >= 11 is 0. The minimum absolute atomic E-state index is 1.13. The van der Waals surface area contributed by atoms with Crippen LogP contribution in [0, 0.1) is 0 Å². The first-order chi connectivity index (χ1) is 14.4. The van der Waals surface area contributed by atoms with Crippen LogP contribution in [0.4, 0.5) is 0 Å². The first-order valence-corrected chi connectivity index (χ1v) is 13.1. The lowest BCUT2D eigenvalue weighted by Crippen LogP contribution is -2.33. The van der Waals surface area contributed by atoms with Crippen molar-refractivity contribution >= 4 is 23.2 Å². The zero-order valence-corrected chi connectivity index (χ0v) is 18.6. The van der Waals surface area contributed by atoms with Crippen LogP contribution in [0.3, 0.4) is 0 Å². The molecule has 3 rings (SSSR count). The van der Waals surface area contributed by atoms with Gasteiger partial charge in [0, 0.05) is 6.42 Å². The van der Waals surface area contributed by atoms with Crippen molar-refractivity contribution in [3.63, 3.8) is 0 Å². The third kappa shape index (κ3) is 5.68. The molecular weight excluding hydrogens is 367 g/mol. The van der Waals surface area contributed by atoms with E-state index in [4.69, 9.17) is 0 Å². The van der Waals surface area contributed by atoms with Crippen LogP contribution < -0.4 is 15.9 Å². The lowest BCUT2D eigenvalue weighted by Gasteiger charge is -2.27. The van der Waals surface area contributed by atoms with Crippen molar-refractivity contribution in [3.05, 3.63) is 103 Å². The molecule has 0 radical (unpaired) electrons. The summed E-state index contributed by atoms with van der Waals surface area (Å²) in [6.45, 7) is 2.27. The molecule has 0 aliphatic rings. The van der Waals surface area contributed by atoms with E-state index >= 15 is 0 Å². The average Bonchev–Trinajstić information content (AvgIpc) is 2.80. The molecule has 1 heteroatoms. The molecule has 3 aromatic rings. The van der Waals surface area contributed by atoms with E-state index in [-0.39, 0.29) is 0 Å². The summed E-state index contributed by atoms with van der Waals surface area (Å²) in [5.41, 5.74) is 0. The van der Waals surface area contributed by atoms with Gasteiger partial charge >= 0.3 is 0 Å². The molecule has 0 saturated carbocycles. The highest BCUT2D eigenvalue weighted by atomic mass is 31.2. The molecule has 150 valence electrons. The van der Waals surface area contributed by atoms with E-state index < -0.39 is 7.26 Å². The van der Waals surface area contributed by atoms with Crippen molar-refractivity contribution in [2.75, 3.05) is 6.16 Å². The summed E-state index contributed by atoms with van der Waals surface area (Å²) in [7, 11) is -1.67. The van der Waals surface area contributed by atoms with Crippen LogP contribution in [-0.4, -0.2) is 6.16 Å². The topological polar surface area (TPSA) is 0 Å². The summed E-state index contributed by atoms with van der Waals surface area (Å²) in [5, 5.41) is 4.44. The molecule has 0 bridgehead atoms. The standard InChI is InChI=1S/C28H34P/c1-2-3-4-5-6-7-8-18-25-29(26-19-12-9-13-20-26,27-21-14-10-15-22-27)28-23-16-11-17-24-28/h7-17,19-24H,2-6,18,25H2,1H3/q+1/b8-7+. The molecule has 0 aromatic heterocycles. The fourth-order valence-corrected chi connectivity index (χ4v) is 8.32. The SMILES string of the molecule is CCCCCC/C=C/CC[P+](c1ccccc1)(c1ccccc1)c1ccccc1. The van der Waals surface area contributed by atoms with Crippen molar-refractivity contribution in [1.82, 2.24) is 0 Å². The number of rotatable bonds is 11. The number of benzene rings is 3. The van der Waals surface area contributed by atoms with Crippen LogP contribution in [0.5, 0.6) is 0 Å². The Morgan fingerprint density at radius 2 is 1.00 bits per heavy atom. The predicted molar refractivity (Wildman–Crippen MR) is 133 cm³/mol. The van der Waals surface area contributed by atoms with Gasteiger partial charge in [0.05, 0.1) is 6.16 Å². The van der Waals surface area contributed by atoms with Crippen molar-refractivity contribution in [2.45, 2.75) is 45.4 Å². The third-order valence-electron chi connectivity index (χ3n) is 5.61. The Hall–Kier alpha value is -2.17. The van der Waals surface area contributed by atoms with E-state index in [0.717, 1.165) is 6.42 Å². The highest BCUT2D eigenvalue weighted by Gasteiger charge is 2.44. The van der Waals surface area contributed by atoms with Crippen LogP contribution in [0.2, 0.25) is 0 Å². The molecule has 0 aliphatic carbocycles. The zero-order valence-electron chi connectivity index (χ0n) is 17.7. The van der Waals surface area contributed by atoms with Crippen molar-refractivity contribution < 1.29 is 0 Å². The monoisotopic (exact) mass is 401 g/mol. The minimum Gasteiger partial charge on any atom is -0.0884 e. The summed E-state index contributed by atoms with van der Waals surface area (Å²) in [5.74, 6) is 0.